The van der Waals surface area contributed by atoms with Gasteiger partial charge in [-0.15, -0.1) is 0 Å². The number of rotatable bonds is 4. The maximum atomic E-state index is 13.3. The molecule has 0 aliphatic carbocycles. The summed E-state index contributed by atoms with van der Waals surface area (Å²) >= 11 is 0. The molecular weight excluding hydrogens is 442 g/mol. The van der Waals surface area contributed by atoms with Crippen LogP contribution in [-0.2, 0) is 0 Å². The molecule has 2 N–H and O–H groups in total. The molecule has 1 atom stereocenters. The van der Waals surface area contributed by atoms with Gasteiger partial charge in [0.2, 0.25) is 0 Å². The quantitative estimate of drug-likeness (QED) is 0.260. The highest BCUT2D eigenvalue weighted by Gasteiger charge is 2.23. The smallest absolute Gasteiger partial charge is 0.258 e. The van der Waals surface area contributed by atoms with Gasteiger partial charge in [-0.3, -0.25) is 4.79 Å². The molecule has 182 valence electrons. The first-order valence-electron chi connectivity index (χ1n) is 12.5. The molecule has 0 fully saturated rings. The predicted molar refractivity (Wildman–Crippen MR) is 153 cm³/mol. The van der Waals surface area contributed by atoms with Crippen molar-refractivity contribution in [2.24, 2.45) is 5.41 Å². The molecule has 0 radical (unpaired) electrons. The number of fused-ring (bicyclic) bond motifs is 3. The van der Waals surface area contributed by atoms with Gasteiger partial charge in [-0.1, -0.05) is 92.6 Å². The molecule has 4 nitrogen and oxygen atoms in total. The topological polar surface area (TPSA) is 57.8 Å². The molecule has 4 heteroatoms. The first-order valence-corrected chi connectivity index (χ1v) is 12.5. The Labute approximate surface area is 212 Å². The molecular formula is C32H33N3O. The van der Waals surface area contributed by atoms with E-state index >= 15 is 0 Å². The lowest BCUT2D eigenvalue weighted by Crippen LogP contribution is -2.31. The number of benzene rings is 3. The number of aryl methyl sites for hydroxylation is 2. The lowest BCUT2D eigenvalue weighted by molar-refractivity contribution is 0.359. The average molecular weight is 476 g/mol. The Hall–Kier alpha value is -3.92. The summed E-state index contributed by atoms with van der Waals surface area (Å²) in [6.45, 7) is 13.0. The third kappa shape index (κ3) is 4.39. The van der Waals surface area contributed by atoms with Crippen LogP contribution in [0.25, 0.3) is 43.9 Å². The Morgan fingerprint density at radius 3 is 2.14 bits per heavy atom. The monoisotopic (exact) mass is 475 g/mol. The van der Waals surface area contributed by atoms with Crippen molar-refractivity contribution < 1.29 is 0 Å². The van der Waals surface area contributed by atoms with Gasteiger partial charge in [0.25, 0.3) is 5.56 Å². The largest absolute Gasteiger partial charge is 0.367 e. The third-order valence-electron chi connectivity index (χ3n) is 7.17. The van der Waals surface area contributed by atoms with Gasteiger partial charge in [0.1, 0.15) is 5.82 Å². The van der Waals surface area contributed by atoms with Crippen molar-refractivity contribution in [3.63, 3.8) is 0 Å². The fourth-order valence-corrected chi connectivity index (χ4v) is 4.58. The van der Waals surface area contributed by atoms with Crippen LogP contribution in [0.4, 0.5) is 5.82 Å². The number of aromatic nitrogens is 2. The van der Waals surface area contributed by atoms with Gasteiger partial charge >= 0.3 is 0 Å². The van der Waals surface area contributed by atoms with E-state index in [9.17, 15) is 4.79 Å². The molecule has 2 aromatic heterocycles. The second kappa shape index (κ2) is 8.94. The number of H-pyrrole nitrogens is 1. The Balaban J connectivity index is 1.86. The number of anilines is 1. The van der Waals surface area contributed by atoms with E-state index < -0.39 is 0 Å². The zero-order valence-corrected chi connectivity index (χ0v) is 21.9. The maximum Gasteiger partial charge on any atom is 0.258 e. The summed E-state index contributed by atoms with van der Waals surface area (Å²) in [7, 11) is 0. The average Bonchev–Trinajstić information content (AvgIpc) is 2.83. The van der Waals surface area contributed by atoms with Gasteiger partial charge in [0, 0.05) is 28.6 Å². The molecule has 5 aromatic rings. The van der Waals surface area contributed by atoms with Gasteiger partial charge in [-0.25, -0.2) is 4.98 Å². The van der Waals surface area contributed by atoms with E-state index in [0.29, 0.717) is 10.9 Å². The molecule has 0 aliphatic rings. The molecule has 0 saturated carbocycles. The standard InChI is InChI=1S/C32H33N3O/c1-19-9-7-11-22(15-19)23-13-14-25-26(17-23)28-29(35-30(25)34-21(3)32(4,5)6)27(18-33-31(28)36)24-12-8-10-20(2)16-24/h7-18,21H,1-6H3,(H,33,36)(H,34,35). The van der Waals surface area contributed by atoms with Crippen LogP contribution in [0, 0.1) is 19.3 Å². The number of aromatic amines is 1. The molecule has 5 rings (SSSR count). The van der Waals surface area contributed by atoms with Crippen molar-refractivity contribution >= 4 is 27.5 Å². The highest BCUT2D eigenvalue weighted by atomic mass is 16.1. The van der Waals surface area contributed by atoms with Crippen LogP contribution in [-0.4, -0.2) is 16.0 Å². The number of hydrogen-bond acceptors (Lipinski definition) is 3. The lowest BCUT2D eigenvalue weighted by atomic mass is 9.88. The highest BCUT2D eigenvalue weighted by Crippen LogP contribution is 2.36. The van der Waals surface area contributed by atoms with Crippen LogP contribution in [0.5, 0.6) is 0 Å². The van der Waals surface area contributed by atoms with Crippen molar-refractivity contribution in [1.82, 2.24) is 9.97 Å². The minimum atomic E-state index is -0.129. The first kappa shape index (κ1) is 23.8. The number of nitrogens with one attached hydrogen (secondary N) is 2. The van der Waals surface area contributed by atoms with Crippen molar-refractivity contribution in [3.05, 3.63) is 94.4 Å². The molecule has 0 saturated heterocycles. The predicted octanol–water partition coefficient (Wildman–Crippen LogP) is 7.87. The minimum absolute atomic E-state index is 0.0397. The Bertz CT molecular complexity index is 1660. The fourth-order valence-electron chi connectivity index (χ4n) is 4.58. The molecule has 0 bridgehead atoms. The second-order valence-electron chi connectivity index (χ2n) is 10.9. The van der Waals surface area contributed by atoms with E-state index in [0.717, 1.165) is 44.4 Å². The molecule has 2 heterocycles. The van der Waals surface area contributed by atoms with E-state index in [1.807, 2.05) is 6.07 Å². The Morgan fingerprint density at radius 1 is 0.833 bits per heavy atom. The van der Waals surface area contributed by atoms with E-state index in [2.05, 4.69) is 113 Å². The van der Waals surface area contributed by atoms with Gasteiger partial charge in [0.15, 0.2) is 0 Å². The van der Waals surface area contributed by atoms with E-state index in [1.165, 1.54) is 5.56 Å². The number of hydrogen-bond donors (Lipinski definition) is 2. The summed E-state index contributed by atoms with van der Waals surface area (Å²) in [5.41, 5.74) is 7.15. The van der Waals surface area contributed by atoms with Crippen LogP contribution in [0.15, 0.2) is 77.7 Å². The fraction of sp³-hybridized carbons (Fsp3) is 0.250. The van der Waals surface area contributed by atoms with Crippen LogP contribution in [0.3, 0.4) is 0 Å². The van der Waals surface area contributed by atoms with Crippen molar-refractivity contribution in [1.29, 1.82) is 0 Å². The highest BCUT2D eigenvalue weighted by molar-refractivity contribution is 6.14. The van der Waals surface area contributed by atoms with Gasteiger partial charge in [-0.2, -0.15) is 0 Å². The first-order chi connectivity index (χ1) is 17.1. The third-order valence-corrected chi connectivity index (χ3v) is 7.17. The summed E-state index contributed by atoms with van der Waals surface area (Å²) in [5.74, 6) is 0.801. The molecule has 0 amide bonds. The van der Waals surface area contributed by atoms with E-state index in [4.69, 9.17) is 4.98 Å². The lowest BCUT2D eigenvalue weighted by Gasteiger charge is -2.29. The van der Waals surface area contributed by atoms with Gasteiger partial charge < -0.3 is 10.3 Å². The summed E-state index contributed by atoms with van der Waals surface area (Å²) in [6, 6.07) is 23.3. The Kier molecular flexibility index (Phi) is 5.91. The van der Waals surface area contributed by atoms with Gasteiger partial charge in [-0.05, 0) is 48.9 Å². The van der Waals surface area contributed by atoms with Crippen LogP contribution >= 0.6 is 0 Å². The van der Waals surface area contributed by atoms with Crippen LogP contribution < -0.4 is 10.9 Å². The zero-order valence-electron chi connectivity index (χ0n) is 21.9. The molecule has 0 aliphatic heterocycles. The number of nitrogens with zero attached hydrogens (tertiary/aromatic N) is 1. The summed E-state index contributed by atoms with van der Waals surface area (Å²) < 4.78 is 0. The SMILES string of the molecule is Cc1cccc(-c2ccc3c(NC(C)C(C)(C)C)nc4c(-c5cccc(C)c5)c[nH]c(=O)c4c3c2)c1. The second-order valence-corrected chi connectivity index (χ2v) is 10.9. The van der Waals surface area contributed by atoms with Crippen LogP contribution in [0.2, 0.25) is 0 Å². The maximum absolute atomic E-state index is 13.3. The molecule has 3 aromatic carbocycles. The summed E-state index contributed by atoms with van der Waals surface area (Å²) in [5, 5.41) is 6.14. The summed E-state index contributed by atoms with van der Waals surface area (Å²) in [6.07, 6.45) is 1.79. The van der Waals surface area contributed by atoms with Crippen molar-refractivity contribution in [2.45, 2.75) is 47.6 Å². The normalized spacial score (nSPS) is 12.7. The molecule has 36 heavy (non-hydrogen) atoms. The Morgan fingerprint density at radius 2 is 1.47 bits per heavy atom. The molecule has 1 unspecified atom stereocenters. The minimum Gasteiger partial charge on any atom is -0.367 e. The van der Waals surface area contributed by atoms with Crippen molar-refractivity contribution in [2.75, 3.05) is 5.32 Å². The van der Waals surface area contributed by atoms with E-state index in [-0.39, 0.29) is 17.0 Å². The van der Waals surface area contributed by atoms with E-state index in [1.54, 1.807) is 6.20 Å². The molecule has 0 spiro atoms. The summed E-state index contributed by atoms with van der Waals surface area (Å²) in [4.78, 5) is 21.4. The zero-order chi connectivity index (χ0) is 25.6. The van der Waals surface area contributed by atoms with Gasteiger partial charge in [0.05, 0.1) is 10.9 Å². The van der Waals surface area contributed by atoms with Crippen molar-refractivity contribution in [3.8, 4) is 22.3 Å². The van der Waals surface area contributed by atoms with Crippen LogP contribution in [0.1, 0.15) is 38.8 Å². The number of pyridine rings is 2.